The van der Waals surface area contributed by atoms with E-state index in [9.17, 15) is 4.79 Å². The Kier molecular flexibility index (Phi) is 4.62. The smallest absolute Gasteiger partial charge is 0.246 e. The average Bonchev–Trinajstić information content (AvgIpc) is 3.18. The summed E-state index contributed by atoms with van der Waals surface area (Å²) in [7, 11) is 0. The average molecular weight is 306 g/mol. The van der Waals surface area contributed by atoms with E-state index in [0.29, 0.717) is 18.1 Å². The van der Waals surface area contributed by atoms with Gasteiger partial charge in [-0.15, -0.1) is 11.3 Å². The summed E-state index contributed by atoms with van der Waals surface area (Å²) in [6.07, 6.45) is 3.79. The van der Waals surface area contributed by atoms with Crippen LogP contribution in [0.2, 0.25) is 0 Å². The van der Waals surface area contributed by atoms with Crippen molar-refractivity contribution in [3.05, 3.63) is 34.1 Å². The van der Waals surface area contributed by atoms with E-state index in [0.717, 1.165) is 25.8 Å². The molecule has 3 heterocycles. The van der Waals surface area contributed by atoms with Gasteiger partial charge in [0.2, 0.25) is 11.8 Å². The van der Waals surface area contributed by atoms with Gasteiger partial charge < -0.3 is 15.2 Å². The van der Waals surface area contributed by atoms with E-state index in [1.54, 1.807) is 11.3 Å². The fourth-order valence-corrected chi connectivity index (χ4v) is 3.07. The second-order valence-corrected chi connectivity index (χ2v) is 6.11. The van der Waals surface area contributed by atoms with Gasteiger partial charge in [-0.05, 0) is 30.8 Å². The number of nitrogens with zero attached hydrogens (tertiary/aromatic N) is 2. The normalized spacial score (nSPS) is 18.6. The Hall–Kier alpha value is -1.73. The quantitative estimate of drug-likeness (QED) is 0.874. The number of rotatable bonds is 5. The van der Waals surface area contributed by atoms with E-state index in [-0.39, 0.29) is 18.5 Å². The number of piperidine rings is 1. The van der Waals surface area contributed by atoms with Gasteiger partial charge in [0.05, 0.1) is 12.6 Å². The summed E-state index contributed by atoms with van der Waals surface area (Å²) in [5, 5.41) is 12.0. The molecule has 1 aliphatic rings. The highest BCUT2D eigenvalue weighted by Crippen LogP contribution is 2.13. The monoisotopic (exact) mass is 306 g/mol. The Balaban J connectivity index is 1.49. The van der Waals surface area contributed by atoms with Crippen molar-refractivity contribution in [2.45, 2.75) is 38.3 Å². The number of hydrogen-bond donors (Lipinski definition) is 2. The number of carbonyl (C=O) groups is 1. The first-order valence-corrected chi connectivity index (χ1v) is 8.04. The number of aromatic nitrogens is 2. The largest absolute Gasteiger partial charge is 0.346 e. The molecule has 21 heavy (non-hydrogen) atoms. The molecule has 0 aromatic carbocycles. The number of nitrogens with one attached hydrogen (secondary N) is 2. The van der Waals surface area contributed by atoms with Gasteiger partial charge in [-0.3, -0.25) is 4.79 Å². The van der Waals surface area contributed by atoms with Crippen LogP contribution < -0.4 is 10.6 Å². The van der Waals surface area contributed by atoms with E-state index in [1.807, 2.05) is 17.5 Å². The van der Waals surface area contributed by atoms with Gasteiger partial charge in [-0.2, -0.15) is 4.98 Å². The van der Waals surface area contributed by atoms with Crippen molar-refractivity contribution in [1.82, 2.24) is 20.8 Å². The van der Waals surface area contributed by atoms with Gasteiger partial charge in [0, 0.05) is 11.3 Å². The van der Waals surface area contributed by atoms with Gasteiger partial charge in [-0.25, -0.2) is 0 Å². The van der Waals surface area contributed by atoms with Crippen molar-refractivity contribution in [2.75, 3.05) is 6.54 Å². The fourth-order valence-electron chi connectivity index (χ4n) is 2.36. The lowest BCUT2D eigenvalue weighted by molar-refractivity contribution is -0.123. The molecule has 3 rings (SSSR count). The summed E-state index contributed by atoms with van der Waals surface area (Å²) in [6, 6.07) is 3.95. The molecule has 112 valence electrons. The Bertz CT molecular complexity index is 576. The van der Waals surface area contributed by atoms with E-state index in [4.69, 9.17) is 4.52 Å². The lowest BCUT2D eigenvalue weighted by Gasteiger charge is -2.22. The van der Waals surface area contributed by atoms with Crippen LogP contribution in [0.1, 0.15) is 35.9 Å². The molecule has 2 aromatic heterocycles. The number of thiophene rings is 1. The predicted molar refractivity (Wildman–Crippen MR) is 78.9 cm³/mol. The highest BCUT2D eigenvalue weighted by molar-refractivity contribution is 7.09. The molecular weight excluding hydrogens is 288 g/mol. The van der Waals surface area contributed by atoms with Crippen molar-refractivity contribution >= 4 is 17.2 Å². The van der Waals surface area contributed by atoms with Crippen LogP contribution in [0.5, 0.6) is 0 Å². The minimum Gasteiger partial charge on any atom is -0.346 e. The van der Waals surface area contributed by atoms with Crippen molar-refractivity contribution in [3.63, 3.8) is 0 Å². The van der Waals surface area contributed by atoms with Crippen LogP contribution in [-0.2, 0) is 17.8 Å². The lowest BCUT2D eigenvalue weighted by Crippen LogP contribution is -2.46. The summed E-state index contributed by atoms with van der Waals surface area (Å²) >= 11 is 1.66. The van der Waals surface area contributed by atoms with Gasteiger partial charge in [0.25, 0.3) is 0 Å². The molecule has 6 nitrogen and oxygen atoms in total. The first-order chi connectivity index (χ1) is 10.3. The molecule has 1 atom stereocenters. The van der Waals surface area contributed by atoms with Crippen LogP contribution in [0.25, 0.3) is 0 Å². The van der Waals surface area contributed by atoms with Gasteiger partial charge in [0.15, 0.2) is 5.82 Å². The van der Waals surface area contributed by atoms with Crippen LogP contribution in [0.3, 0.4) is 0 Å². The van der Waals surface area contributed by atoms with Crippen molar-refractivity contribution in [1.29, 1.82) is 0 Å². The van der Waals surface area contributed by atoms with E-state index >= 15 is 0 Å². The Morgan fingerprint density at radius 2 is 2.48 bits per heavy atom. The van der Waals surface area contributed by atoms with E-state index < -0.39 is 0 Å². The molecule has 2 N–H and O–H groups in total. The topological polar surface area (TPSA) is 80.1 Å². The number of amides is 1. The molecule has 1 saturated heterocycles. The summed E-state index contributed by atoms with van der Waals surface area (Å²) in [5.41, 5.74) is 0. The third kappa shape index (κ3) is 3.89. The first-order valence-electron chi connectivity index (χ1n) is 7.16. The van der Waals surface area contributed by atoms with Crippen LogP contribution in [0.4, 0.5) is 0 Å². The Morgan fingerprint density at radius 3 is 3.24 bits per heavy atom. The Morgan fingerprint density at radius 1 is 1.52 bits per heavy atom. The second-order valence-electron chi connectivity index (χ2n) is 5.08. The number of hydrogen-bond acceptors (Lipinski definition) is 6. The van der Waals surface area contributed by atoms with E-state index in [1.165, 1.54) is 4.88 Å². The summed E-state index contributed by atoms with van der Waals surface area (Å²) in [6.45, 7) is 1.19. The standard InChI is InChI=1S/C14H18N4O2S/c19-14(11-5-1-2-6-15-11)16-9-13-17-12(18-20-13)8-10-4-3-7-21-10/h3-4,7,11,15H,1-2,5-6,8-9H2,(H,16,19)/t11-/m0/s1. The third-order valence-electron chi connectivity index (χ3n) is 3.46. The molecule has 7 heteroatoms. The van der Waals surface area contributed by atoms with Crippen LogP contribution in [-0.4, -0.2) is 28.6 Å². The molecule has 1 fully saturated rings. The minimum absolute atomic E-state index is 0.00714. The second kappa shape index (κ2) is 6.82. The molecule has 1 aliphatic heterocycles. The maximum absolute atomic E-state index is 12.0. The maximum atomic E-state index is 12.0. The minimum atomic E-state index is -0.0905. The summed E-state index contributed by atoms with van der Waals surface area (Å²) in [4.78, 5) is 17.5. The molecular formula is C14H18N4O2S. The fraction of sp³-hybridized carbons (Fsp3) is 0.500. The lowest BCUT2D eigenvalue weighted by atomic mass is 10.0. The van der Waals surface area contributed by atoms with Crippen LogP contribution in [0, 0.1) is 0 Å². The molecule has 0 saturated carbocycles. The summed E-state index contributed by atoms with van der Waals surface area (Å²) < 4.78 is 5.16. The molecule has 0 radical (unpaired) electrons. The molecule has 2 aromatic rings. The van der Waals surface area contributed by atoms with Gasteiger partial charge in [-0.1, -0.05) is 17.6 Å². The van der Waals surface area contributed by atoms with E-state index in [2.05, 4.69) is 20.8 Å². The Labute approximate surface area is 126 Å². The zero-order chi connectivity index (χ0) is 14.5. The van der Waals surface area contributed by atoms with Crippen LogP contribution in [0.15, 0.2) is 22.0 Å². The molecule has 0 spiro atoms. The SMILES string of the molecule is O=C(NCc1nc(Cc2cccs2)no1)[C@@H]1CCCCN1. The van der Waals surface area contributed by atoms with Crippen molar-refractivity contribution < 1.29 is 9.32 Å². The zero-order valence-electron chi connectivity index (χ0n) is 11.7. The maximum Gasteiger partial charge on any atom is 0.246 e. The van der Waals surface area contributed by atoms with Crippen molar-refractivity contribution in [3.8, 4) is 0 Å². The van der Waals surface area contributed by atoms with Crippen LogP contribution >= 0.6 is 11.3 Å². The molecule has 0 unspecified atom stereocenters. The highest BCUT2D eigenvalue weighted by Gasteiger charge is 2.20. The predicted octanol–water partition coefficient (Wildman–Crippen LogP) is 1.48. The molecule has 0 aliphatic carbocycles. The zero-order valence-corrected chi connectivity index (χ0v) is 12.5. The highest BCUT2D eigenvalue weighted by atomic mass is 32.1. The number of carbonyl (C=O) groups excluding carboxylic acids is 1. The first kappa shape index (κ1) is 14.2. The molecule has 0 bridgehead atoms. The van der Waals surface area contributed by atoms with Crippen molar-refractivity contribution in [2.24, 2.45) is 0 Å². The third-order valence-corrected chi connectivity index (χ3v) is 4.34. The summed E-state index contributed by atoms with van der Waals surface area (Å²) in [5.74, 6) is 1.11. The van der Waals surface area contributed by atoms with Gasteiger partial charge in [0.1, 0.15) is 0 Å². The molecule has 1 amide bonds. The van der Waals surface area contributed by atoms with Gasteiger partial charge >= 0.3 is 0 Å².